The summed E-state index contributed by atoms with van der Waals surface area (Å²) in [6.07, 6.45) is 0.817. The number of benzene rings is 2. The van der Waals surface area contributed by atoms with Gasteiger partial charge in [-0.05, 0) is 57.0 Å². The molecular weight excluding hydrogens is 368 g/mol. The zero-order valence-corrected chi connectivity index (χ0v) is 16.9. The first-order valence-electron chi connectivity index (χ1n) is 9.67. The molecule has 0 fully saturated rings. The summed E-state index contributed by atoms with van der Waals surface area (Å²) in [5.41, 5.74) is 5.67. The van der Waals surface area contributed by atoms with Gasteiger partial charge in [0, 0.05) is 6.54 Å². The molecule has 2 aromatic carbocycles. The summed E-state index contributed by atoms with van der Waals surface area (Å²) in [6.45, 7) is 6.34. The van der Waals surface area contributed by atoms with Gasteiger partial charge < -0.3 is 10.1 Å². The van der Waals surface area contributed by atoms with Crippen molar-refractivity contribution in [1.29, 1.82) is 0 Å². The van der Waals surface area contributed by atoms with Crippen LogP contribution in [0.5, 0.6) is 5.75 Å². The molecule has 0 radical (unpaired) electrons. The summed E-state index contributed by atoms with van der Waals surface area (Å²) in [7, 11) is 0. The van der Waals surface area contributed by atoms with Crippen molar-refractivity contribution in [1.82, 2.24) is 10.7 Å². The Labute approximate surface area is 170 Å². The molecule has 152 valence electrons. The third-order valence-corrected chi connectivity index (χ3v) is 4.34. The number of nitrogens with zero attached hydrogens (tertiary/aromatic N) is 2. The first kappa shape index (κ1) is 20.4. The molecule has 1 heterocycles. The quantitative estimate of drug-likeness (QED) is 0.755. The van der Waals surface area contributed by atoms with E-state index in [1.807, 2.05) is 69.3 Å². The Balaban J connectivity index is 1.52. The van der Waals surface area contributed by atoms with E-state index in [-0.39, 0.29) is 30.3 Å². The predicted molar refractivity (Wildman–Crippen MR) is 113 cm³/mol. The SMILES string of the molecule is Cc1ccc(N2NC(C(=O)NCCc3ccc(OC(C)C)cc3)=NCC2=O)cc1. The summed E-state index contributed by atoms with van der Waals surface area (Å²) in [5, 5.41) is 4.20. The Morgan fingerprint density at radius 3 is 2.52 bits per heavy atom. The highest BCUT2D eigenvalue weighted by Gasteiger charge is 2.25. The molecule has 0 aliphatic carbocycles. The molecule has 1 aliphatic heterocycles. The minimum absolute atomic E-state index is 0.0685. The summed E-state index contributed by atoms with van der Waals surface area (Å²) >= 11 is 0. The number of amidine groups is 1. The number of hydrogen-bond acceptors (Lipinski definition) is 5. The van der Waals surface area contributed by atoms with Crippen LogP contribution in [0.2, 0.25) is 0 Å². The van der Waals surface area contributed by atoms with E-state index in [1.54, 1.807) is 0 Å². The zero-order valence-electron chi connectivity index (χ0n) is 16.9. The van der Waals surface area contributed by atoms with E-state index in [4.69, 9.17) is 4.74 Å². The summed E-state index contributed by atoms with van der Waals surface area (Å²) in [5.74, 6) is 0.406. The lowest BCUT2D eigenvalue weighted by atomic mass is 10.1. The second kappa shape index (κ2) is 9.23. The molecule has 2 amide bonds. The lowest BCUT2D eigenvalue weighted by molar-refractivity contribution is -0.118. The monoisotopic (exact) mass is 394 g/mol. The van der Waals surface area contributed by atoms with Gasteiger partial charge in [-0.3, -0.25) is 20.0 Å². The fourth-order valence-electron chi connectivity index (χ4n) is 2.86. The molecule has 0 saturated heterocycles. The van der Waals surface area contributed by atoms with Gasteiger partial charge in [-0.1, -0.05) is 29.8 Å². The number of carbonyl (C=O) groups excluding carboxylic acids is 2. The molecular formula is C22H26N4O3. The van der Waals surface area contributed by atoms with Crippen molar-refractivity contribution in [3.63, 3.8) is 0 Å². The number of aryl methyl sites for hydroxylation is 1. The van der Waals surface area contributed by atoms with Gasteiger partial charge in [0.1, 0.15) is 12.3 Å². The van der Waals surface area contributed by atoms with E-state index in [2.05, 4.69) is 15.7 Å². The van der Waals surface area contributed by atoms with Crippen molar-refractivity contribution in [2.75, 3.05) is 18.1 Å². The number of anilines is 1. The topological polar surface area (TPSA) is 83.0 Å². The van der Waals surface area contributed by atoms with Crippen LogP contribution in [0.15, 0.2) is 53.5 Å². The molecule has 0 saturated carbocycles. The Bertz CT molecular complexity index is 889. The Hall–Kier alpha value is -3.35. The molecule has 0 bridgehead atoms. The molecule has 7 heteroatoms. The number of hydrogen-bond donors (Lipinski definition) is 2. The van der Waals surface area contributed by atoms with Crippen LogP contribution in [-0.2, 0) is 16.0 Å². The zero-order chi connectivity index (χ0) is 20.8. The van der Waals surface area contributed by atoms with E-state index in [9.17, 15) is 9.59 Å². The number of aliphatic imine (C=N–C) groups is 1. The van der Waals surface area contributed by atoms with Crippen LogP contribution >= 0.6 is 0 Å². The Kier molecular flexibility index (Phi) is 6.49. The molecule has 0 unspecified atom stereocenters. The molecule has 1 aliphatic rings. The number of hydrazine groups is 1. The second-order valence-electron chi connectivity index (χ2n) is 7.16. The van der Waals surface area contributed by atoms with Crippen molar-refractivity contribution < 1.29 is 14.3 Å². The third kappa shape index (κ3) is 5.57. The lowest BCUT2D eigenvalue weighted by Crippen LogP contribution is -2.55. The standard InChI is InChI=1S/C22H26N4O3/c1-15(2)29-19-10-6-17(7-11-19)12-13-23-22(28)21-24-14-20(27)26(25-21)18-8-4-16(3)5-9-18/h4-11,15H,12-14H2,1-3H3,(H,23,28)(H,24,25). The van der Waals surface area contributed by atoms with Crippen molar-refractivity contribution in [3.8, 4) is 5.75 Å². The minimum atomic E-state index is -0.339. The fraction of sp³-hybridized carbons (Fsp3) is 0.318. The van der Waals surface area contributed by atoms with Gasteiger partial charge in [-0.15, -0.1) is 0 Å². The predicted octanol–water partition coefficient (Wildman–Crippen LogP) is 2.39. The van der Waals surface area contributed by atoms with E-state index in [1.165, 1.54) is 5.01 Å². The molecule has 3 rings (SSSR count). The van der Waals surface area contributed by atoms with Gasteiger partial charge in [-0.25, -0.2) is 5.01 Å². The fourth-order valence-corrected chi connectivity index (χ4v) is 2.86. The average molecular weight is 394 g/mol. The number of nitrogens with one attached hydrogen (secondary N) is 2. The number of ether oxygens (including phenoxy) is 1. The van der Waals surface area contributed by atoms with Gasteiger partial charge in [0.2, 0.25) is 5.84 Å². The van der Waals surface area contributed by atoms with E-state index in [0.29, 0.717) is 18.7 Å². The molecule has 29 heavy (non-hydrogen) atoms. The Morgan fingerprint density at radius 1 is 1.17 bits per heavy atom. The smallest absolute Gasteiger partial charge is 0.288 e. The van der Waals surface area contributed by atoms with Gasteiger partial charge >= 0.3 is 0 Å². The molecule has 0 aromatic heterocycles. The maximum atomic E-state index is 12.4. The second-order valence-corrected chi connectivity index (χ2v) is 7.16. The first-order chi connectivity index (χ1) is 13.9. The molecule has 0 spiro atoms. The van der Waals surface area contributed by atoms with E-state index in [0.717, 1.165) is 16.9 Å². The lowest BCUT2D eigenvalue weighted by Gasteiger charge is -2.27. The van der Waals surface area contributed by atoms with Gasteiger partial charge in [0.05, 0.1) is 11.8 Å². The van der Waals surface area contributed by atoms with Gasteiger partial charge in [-0.2, -0.15) is 0 Å². The number of amides is 2. The average Bonchev–Trinajstić information content (AvgIpc) is 2.70. The van der Waals surface area contributed by atoms with Crippen LogP contribution in [0.4, 0.5) is 5.69 Å². The maximum Gasteiger partial charge on any atom is 0.288 e. The molecule has 2 N–H and O–H groups in total. The van der Waals surface area contributed by atoms with Crippen molar-refractivity contribution in [2.45, 2.75) is 33.3 Å². The van der Waals surface area contributed by atoms with Crippen LogP contribution in [0.3, 0.4) is 0 Å². The highest BCUT2D eigenvalue weighted by atomic mass is 16.5. The van der Waals surface area contributed by atoms with Crippen LogP contribution in [-0.4, -0.2) is 36.8 Å². The first-order valence-corrected chi connectivity index (χ1v) is 9.67. The molecule has 7 nitrogen and oxygen atoms in total. The Morgan fingerprint density at radius 2 is 1.86 bits per heavy atom. The van der Waals surface area contributed by atoms with Crippen LogP contribution < -0.4 is 20.5 Å². The van der Waals surface area contributed by atoms with Crippen LogP contribution in [0.25, 0.3) is 0 Å². The largest absolute Gasteiger partial charge is 0.491 e. The summed E-state index contributed by atoms with van der Waals surface area (Å²) in [4.78, 5) is 28.6. The number of rotatable bonds is 7. The van der Waals surface area contributed by atoms with Crippen molar-refractivity contribution in [2.24, 2.45) is 4.99 Å². The van der Waals surface area contributed by atoms with Crippen LogP contribution in [0.1, 0.15) is 25.0 Å². The van der Waals surface area contributed by atoms with Gasteiger partial charge in [0.15, 0.2) is 0 Å². The normalized spacial score (nSPS) is 13.7. The van der Waals surface area contributed by atoms with E-state index >= 15 is 0 Å². The van der Waals surface area contributed by atoms with Crippen molar-refractivity contribution >= 4 is 23.3 Å². The molecule has 0 atom stereocenters. The van der Waals surface area contributed by atoms with Gasteiger partial charge in [0.25, 0.3) is 11.8 Å². The van der Waals surface area contributed by atoms with Crippen LogP contribution in [0, 0.1) is 6.92 Å². The summed E-state index contributed by atoms with van der Waals surface area (Å²) < 4.78 is 5.63. The van der Waals surface area contributed by atoms with E-state index < -0.39 is 0 Å². The maximum absolute atomic E-state index is 12.4. The number of carbonyl (C=O) groups is 2. The minimum Gasteiger partial charge on any atom is -0.491 e. The highest BCUT2D eigenvalue weighted by molar-refractivity contribution is 6.39. The third-order valence-electron chi connectivity index (χ3n) is 4.34. The van der Waals surface area contributed by atoms with Crippen molar-refractivity contribution in [3.05, 3.63) is 59.7 Å². The molecule has 2 aromatic rings. The summed E-state index contributed by atoms with van der Waals surface area (Å²) in [6, 6.07) is 15.3. The highest BCUT2D eigenvalue weighted by Crippen LogP contribution is 2.15.